The Bertz CT molecular complexity index is 479. The van der Waals surface area contributed by atoms with Crippen LogP contribution in [-0.4, -0.2) is 45.4 Å². The Morgan fingerprint density at radius 3 is 2.45 bits per heavy atom. The van der Waals surface area contributed by atoms with Crippen LogP contribution in [0, 0.1) is 6.92 Å². The Labute approximate surface area is 120 Å². The van der Waals surface area contributed by atoms with Gasteiger partial charge < -0.3 is 10.2 Å². The molecule has 1 aromatic heterocycles. The minimum absolute atomic E-state index is 0.115. The second-order valence-corrected chi connectivity index (χ2v) is 6.13. The lowest BCUT2D eigenvalue weighted by atomic mass is 9.89. The van der Waals surface area contributed by atoms with E-state index in [4.69, 9.17) is 0 Å². The molecule has 0 aromatic carbocycles. The predicted molar refractivity (Wildman–Crippen MR) is 78.6 cm³/mol. The van der Waals surface area contributed by atoms with Crippen molar-refractivity contribution < 1.29 is 4.79 Å². The van der Waals surface area contributed by atoms with Crippen molar-refractivity contribution in [3.8, 4) is 0 Å². The highest BCUT2D eigenvalue weighted by Gasteiger charge is 2.32. The molecule has 1 aromatic rings. The third kappa shape index (κ3) is 3.33. The van der Waals surface area contributed by atoms with Crippen molar-refractivity contribution in [2.24, 2.45) is 0 Å². The number of hydrogen-bond acceptors (Lipinski definition) is 4. The Hall–Kier alpha value is -1.49. The molecule has 0 bridgehead atoms. The molecule has 1 fully saturated rings. The Balaban J connectivity index is 2.00. The average Bonchev–Trinajstić information content (AvgIpc) is 2.39. The summed E-state index contributed by atoms with van der Waals surface area (Å²) in [5.74, 6) is -0.115. The largest absolute Gasteiger partial charge is 0.345 e. The van der Waals surface area contributed by atoms with Crippen LogP contribution in [0.2, 0.25) is 0 Å². The van der Waals surface area contributed by atoms with E-state index in [-0.39, 0.29) is 11.4 Å². The first-order chi connectivity index (χ1) is 9.41. The van der Waals surface area contributed by atoms with Gasteiger partial charge in [-0.3, -0.25) is 9.78 Å². The number of amides is 1. The van der Waals surface area contributed by atoms with Crippen LogP contribution in [0.3, 0.4) is 0 Å². The first-order valence-corrected chi connectivity index (χ1v) is 7.25. The van der Waals surface area contributed by atoms with E-state index in [1.54, 1.807) is 12.4 Å². The summed E-state index contributed by atoms with van der Waals surface area (Å²) in [7, 11) is 0. The van der Waals surface area contributed by atoms with E-state index in [0.717, 1.165) is 25.9 Å². The van der Waals surface area contributed by atoms with Crippen molar-refractivity contribution >= 4 is 5.91 Å². The number of hydrogen-bond donors (Lipinski definition) is 1. The molecule has 1 saturated heterocycles. The van der Waals surface area contributed by atoms with Crippen molar-refractivity contribution in [3.05, 3.63) is 23.8 Å². The fourth-order valence-corrected chi connectivity index (χ4v) is 2.62. The van der Waals surface area contributed by atoms with E-state index in [1.165, 1.54) is 0 Å². The van der Waals surface area contributed by atoms with Crippen molar-refractivity contribution in [1.82, 2.24) is 20.2 Å². The van der Waals surface area contributed by atoms with Gasteiger partial charge in [-0.25, -0.2) is 4.98 Å². The Morgan fingerprint density at radius 2 is 1.90 bits per heavy atom. The number of rotatable bonds is 3. The van der Waals surface area contributed by atoms with E-state index >= 15 is 0 Å². The van der Waals surface area contributed by atoms with Gasteiger partial charge in [0, 0.05) is 37.1 Å². The molecule has 110 valence electrons. The predicted octanol–water partition coefficient (Wildman–Crippen LogP) is 1.78. The van der Waals surface area contributed by atoms with Crippen molar-refractivity contribution in [2.45, 2.75) is 52.1 Å². The zero-order chi connectivity index (χ0) is 14.8. The van der Waals surface area contributed by atoms with Crippen LogP contribution in [0.4, 0.5) is 0 Å². The highest BCUT2D eigenvalue weighted by molar-refractivity contribution is 5.93. The van der Waals surface area contributed by atoms with Crippen molar-refractivity contribution in [3.63, 3.8) is 0 Å². The van der Waals surface area contributed by atoms with Crippen LogP contribution in [-0.2, 0) is 0 Å². The van der Waals surface area contributed by atoms with Crippen molar-refractivity contribution in [1.29, 1.82) is 0 Å². The van der Waals surface area contributed by atoms with Crippen LogP contribution in [0.5, 0.6) is 0 Å². The lowest BCUT2D eigenvalue weighted by Crippen LogP contribution is -2.54. The zero-order valence-electron chi connectivity index (χ0n) is 12.8. The fraction of sp³-hybridized carbons (Fsp3) is 0.667. The van der Waals surface area contributed by atoms with Gasteiger partial charge in [-0.05, 0) is 40.5 Å². The van der Waals surface area contributed by atoms with Crippen LogP contribution in [0.1, 0.15) is 49.8 Å². The van der Waals surface area contributed by atoms with E-state index in [0.29, 0.717) is 17.4 Å². The van der Waals surface area contributed by atoms with Gasteiger partial charge in [0.2, 0.25) is 0 Å². The molecule has 1 N–H and O–H groups in total. The molecule has 20 heavy (non-hydrogen) atoms. The number of carbonyl (C=O) groups is 1. The number of piperidine rings is 1. The second kappa shape index (κ2) is 5.87. The van der Waals surface area contributed by atoms with Crippen LogP contribution in [0.15, 0.2) is 12.4 Å². The summed E-state index contributed by atoms with van der Waals surface area (Å²) in [6, 6.07) is 0.567. The van der Waals surface area contributed by atoms with Gasteiger partial charge in [-0.2, -0.15) is 0 Å². The van der Waals surface area contributed by atoms with Gasteiger partial charge in [0.05, 0.1) is 5.69 Å². The summed E-state index contributed by atoms with van der Waals surface area (Å²) in [4.78, 5) is 23.0. The molecule has 0 aliphatic carbocycles. The van der Waals surface area contributed by atoms with Gasteiger partial charge in [0.15, 0.2) is 0 Å². The molecule has 0 unspecified atom stereocenters. The minimum atomic E-state index is -0.146. The molecule has 0 saturated carbocycles. The molecule has 0 spiro atoms. The van der Waals surface area contributed by atoms with Crippen LogP contribution in [0.25, 0.3) is 0 Å². The monoisotopic (exact) mass is 276 g/mol. The summed E-state index contributed by atoms with van der Waals surface area (Å²) in [6.45, 7) is 10.4. The van der Waals surface area contributed by atoms with E-state index in [2.05, 4.69) is 41.0 Å². The highest BCUT2D eigenvalue weighted by Crippen LogP contribution is 2.23. The third-order valence-corrected chi connectivity index (χ3v) is 4.14. The Kier molecular flexibility index (Phi) is 4.38. The molecule has 1 aliphatic rings. The smallest absolute Gasteiger partial charge is 0.272 e. The second-order valence-electron chi connectivity index (χ2n) is 6.13. The van der Waals surface area contributed by atoms with Crippen LogP contribution >= 0.6 is 0 Å². The van der Waals surface area contributed by atoms with Gasteiger partial charge in [0.1, 0.15) is 5.69 Å². The standard InChI is InChI=1S/C15H24N4O/c1-11(2)19-9-5-15(4,6-10-19)18-14(20)13-12(3)16-7-8-17-13/h7-8,11H,5-6,9-10H2,1-4H3,(H,18,20). The third-order valence-electron chi connectivity index (χ3n) is 4.14. The number of carbonyl (C=O) groups excluding carboxylic acids is 1. The van der Waals surface area contributed by atoms with Gasteiger partial charge in [-0.1, -0.05) is 0 Å². The summed E-state index contributed by atoms with van der Waals surface area (Å²) < 4.78 is 0. The number of aryl methyl sites for hydroxylation is 1. The molecule has 2 rings (SSSR count). The molecule has 0 atom stereocenters. The van der Waals surface area contributed by atoms with E-state index in [1.807, 2.05) is 6.92 Å². The number of nitrogens with one attached hydrogen (secondary N) is 1. The van der Waals surface area contributed by atoms with Gasteiger partial charge in [-0.15, -0.1) is 0 Å². The fourth-order valence-electron chi connectivity index (χ4n) is 2.62. The first-order valence-electron chi connectivity index (χ1n) is 7.25. The van der Waals surface area contributed by atoms with Gasteiger partial charge >= 0.3 is 0 Å². The molecule has 1 amide bonds. The summed E-state index contributed by atoms with van der Waals surface area (Å²) in [5, 5.41) is 3.14. The zero-order valence-corrected chi connectivity index (χ0v) is 12.8. The molecule has 1 aliphatic heterocycles. The topological polar surface area (TPSA) is 58.1 Å². The van der Waals surface area contributed by atoms with Crippen molar-refractivity contribution in [2.75, 3.05) is 13.1 Å². The maximum Gasteiger partial charge on any atom is 0.272 e. The average molecular weight is 276 g/mol. The summed E-state index contributed by atoms with van der Waals surface area (Å²) >= 11 is 0. The number of likely N-dealkylation sites (tertiary alicyclic amines) is 1. The molecular formula is C15H24N4O. The maximum atomic E-state index is 12.3. The minimum Gasteiger partial charge on any atom is -0.345 e. The molecule has 2 heterocycles. The highest BCUT2D eigenvalue weighted by atomic mass is 16.2. The van der Waals surface area contributed by atoms with Crippen LogP contribution < -0.4 is 5.32 Å². The lowest BCUT2D eigenvalue weighted by molar-refractivity contribution is 0.0796. The van der Waals surface area contributed by atoms with Gasteiger partial charge in [0.25, 0.3) is 5.91 Å². The lowest BCUT2D eigenvalue weighted by Gasteiger charge is -2.41. The van der Waals surface area contributed by atoms with E-state index < -0.39 is 0 Å². The SMILES string of the molecule is Cc1nccnc1C(=O)NC1(C)CCN(C(C)C)CC1. The molecule has 5 nitrogen and oxygen atoms in total. The Morgan fingerprint density at radius 1 is 1.30 bits per heavy atom. The molecule has 5 heteroatoms. The molecular weight excluding hydrogens is 252 g/mol. The summed E-state index contributed by atoms with van der Waals surface area (Å²) in [5.41, 5.74) is 0.958. The molecule has 0 radical (unpaired) electrons. The number of nitrogens with zero attached hydrogens (tertiary/aromatic N) is 3. The summed E-state index contributed by atoms with van der Waals surface area (Å²) in [6.07, 6.45) is 5.10. The first kappa shape index (κ1) is 14.9. The van der Waals surface area contributed by atoms with E-state index in [9.17, 15) is 4.79 Å². The normalized spacial score (nSPS) is 19.1. The quantitative estimate of drug-likeness (QED) is 0.914. The number of aromatic nitrogens is 2. The maximum absolute atomic E-state index is 12.3.